The Bertz CT molecular complexity index is 380. The highest BCUT2D eigenvalue weighted by molar-refractivity contribution is 9.10. The number of rotatable bonds is 1. The molecular weight excluding hydrogens is 269 g/mol. The minimum absolute atomic E-state index is 0.532. The molecule has 0 amide bonds. The second-order valence-electron chi connectivity index (χ2n) is 2.20. The van der Waals surface area contributed by atoms with Crippen molar-refractivity contribution in [3.63, 3.8) is 0 Å². The summed E-state index contributed by atoms with van der Waals surface area (Å²) in [5.41, 5.74) is -2.10. The average Bonchev–Trinajstić information content (AvgIpc) is 2.02. The first-order chi connectivity index (χ1) is 6.32. The Morgan fingerprint density at radius 1 is 1.50 bits per heavy atom. The smallest absolute Gasteiger partial charge is 0.436 e. The third-order valence-corrected chi connectivity index (χ3v) is 1.80. The summed E-state index contributed by atoms with van der Waals surface area (Å²) in [6.07, 6.45) is -3.99. The van der Waals surface area contributed by atoms with Crippen LogP contribution in [0.1, 0.15) is 16.2 Å². The van der Waals surface area contributed by atoms with Gasteiger partial charge in [-0.3, -0.25) is 0 Å². The zero-order valence-corrected chi connectivity index (χ0v) is 7.93. The maximum absolute atomic E-state index is 12.2. The Hall–Kier alpha value is -1.18. The van der Waals surface area contributed by atoms with Crippen LogP contribution in [0, 0.1) is 0 Å². The van der Waals surface area contributed by atoms with Crippen molar-refractivity contribution >= 4 is 21.9 Å². The van der Waals surface area contributed by atoms with Crippen molar-refractivity contribution < 1.29 is 23.1 Å². The molecule has 0 aliphatic heterocycles. The number of nitrogens with zero attached hydrogens (tertiary/aromatic N) is 2. The van der Waals surface area contributed by atoms with Crippen LogP contribution in [0.5, 0.6) is 0 Å². The number of halogens is 4. The van der Waals surface area contributed by atoms with Crippen molar-refractivity contribution in [3.05, 3.63) is 22.2 Å². The molecule has 0 aliphatic rings. The van der Waals surface area contributed by atoms with Crippen LogP contribution in [0.15, 0.2) is 10.8 Å². The van der Waals surface area contributed by atoms with Crippen molar-refractivity contribution in [2.24, 2.45) is 0 Å². The van der Waals surface area contributed by atoms with Gasteiger partial charge in [0.15, 0.2) is 11.4 Å². The minimum Gasteiger partial charge on any atom is -0.476 e. The van der Waals surface area contributed by atoms with E-state index in [1.807, 2.05) is 0 Å². The van der Waals surface area contributed by atoms with Crippen LogP contribution < -0.4 is 0 Å². The summed E-state index contributed by atoms with van der Waals surface area (Å²) >= 11 is 2.53. The summed E-state index contributed by atoms with van der Waals surface area (Å²) in [5, 5.41) is 8.38. The van der Waals surface area contributed by atoms with E-state index in [2.05, 4.69) is 25.9 Å². The quantitative estimate of drug-likeness (QED) is 0.847. The van der Waals surface area contributed by atoms with Crippen LogP contribution in [-0.4, -0.2) is 21.0 Å². The molecule has 0 aromatic carbocycles. The van der Waals surface area contributed by atoms with Gasteiger partial charge in [0.1, 0.15) is 4.60 Å². The molecule has 1 heterocycles. The maximum Gasteiger partial charge on any atom is 0.436 e. The van der Waals surface area contributed by atoms with Crippen molar-refractivity contribution in [2.45, 2.75) is 6.18 Å². The summed E-state index contributed by atoms with van der Waals surface area (Å²) in [6.45, 7) is 0. The van der Waals surface area contributed by atoms with Gasteiger partial charge >= 0.3 is 12.1 Å². The van der Waals surface area contributed by atoms with Crippen molar-refractivity contribution in [1.82, 2.24) is 9.97 Å². The molecule has 14 heavy (non-hydrogen) atoms. The first kappa shape index (κ1) is 10.9. The summed E-state index contributed by atoms with van der Waals surface area (Å²) in [5.74, 6) is -1.56. The van der Waals surface area contributed by atoms with Gasteiger partial charge in [-0.05, 0) is 15.9 Å². The summed E-state index contributed by atoms with van der Waals surface area (Å²) in [6, 6.07) is 0. The average molecular weight is 271 g/mol. The van der Waals surface area contributed by atoms with E-state index >= 15 is 0 Å². The van der Waals surface area contributed by atoms with Gasteiger partial charge in [0.05, 0.1) is 6.20 Å². The van der Waals surface area contributed by atoms with Gasteiger partial charge in [0.25, 0.3) is 0 Å². The number of alkyl halides is 3. The van der Waals surface area contributed by atoms with E-state index in [0.29, 0.717) is 0 Å². The largest absolute Gasteiger partial charge is 0.476 e. The molecule has 1 aromatic heterocycles. The molecule has 4 nitrogen and oxygen atoms in total. The van der Waals surface area contributed by atoms with Gasteiger partial charge in [0, 0.05) is 0 Å². The van der Waals surface area contributed by atoms with E-state index in [1.165, 1.54) is 0 Å². The Kier molecular flexibility index (Phi) is 2.74. The summed E-state index contributed by atoms with van der Waals surface area (Å²) < 4.78 is 36.0. The number of carboxylic acids is 1. The second-order valence-corrected chi connectivity index (χ2v) is 2.95. The van der Waals surface area contributed by atoms with Crippen LogP contribution in [0.2, 0.25) is 0 Å². The highest BCUT2D eigenvalue weighted by atomic mass is 79.9. The van der Waals surface area contributed by atoms with Crippen molar-refractivity contribution in [2.75, 3.05) is 0 Å². The lowest BCUT2D eigenvalue weighted by Crippen LogP contribution is -2.13. The van der Waals surface area contributed by atoms with Crippen LogP contribution >= 0.6 is 15.9 Å². The van der Waals surface area contributed by atoms with Gasteiger partial charge in [-0.2, -0.15) is 13.2 Å². The number of carboxylic acid groups (broad SMARTS) is 1. The number of aromatic carboxylic acids is 1. The zero-order chi connectivity index (χ0) is 10.9. The van der Waals surface area contributed by atoms with Gasteiger partial charge in [-0.1, -0.05) is 0 Å². The molecule has 0 fully saturated rings. The fourth-order valence-corrected chi connectivity index (χ4v) is 1.07. The van der Waals surface area contributed by atoms with Crippen molar-refractivity contribution in [3.8, 4) is 0 Å². The lowest BCUT2D eigenvalue weighted by molar-refractivity contribution is -0.142. The lowest BCUT2D eigenvalue weighted by atomic mass is 10.4. The molecule has 0 aliphatic carbocycles. The molecule has 0 atom stereocenters. The fraction of sp³-hybridized carbons (Fsp3) is 0.167. The molecule has 0 saturated carbocycles. The molecule has 1 aromatic rings. The highest BCUT2D eigenvalue weighted by Crippen LogP contribution is 2.31. The highest BCUT2D eigenvalue weighted by Gasteiger charge is 2.36. The number of carbonyl (C=O) groups is 1. The van der Waals surface area contributed by atoms with E-state index < -0.39 is 28.1 Å². The first-order valence-electron chi connectivity index (χ1n) is 3.15. The Balaban J connectivity index is 3.29. The van der Waals surface area contributed by atoms with Crippen molar-refractivity contribution in [1.29, 1.82) is 0 Å². The van der Waals surface area contributed by atoms with E-state index in [1.54, 1.807) is 0 Å². The fourth-order valence-electron chi connectivity index (χ4n) is 0.658. The molecule has 0 unspecified atom stereocenters. The molecule has 1 rings (SSSR count). The topological polar surface area (TPSA) is 63.1 Å². The zero-order valence-electron chi connectivity index (χ0n) is 6.34. The Labute approximate surface area is 83.9 Å². The molecule has 0 spiro atoms. The van der Waals surface area contributed by atoms with Gasteiger partial charge in [-0.15, -0.1) is 0 Å². The van der Waals surface area contributed by atoms with E-state index in [4.69, 9.17) is 5.11 Å². The lowest BCUT2D eigenvalue weighted by Gasteiger charge is -2.06. The molecular formula is C6H2BrF3N2O2. The Morgan fingerprint density at radius 2 is 2.07 bits per heavy atom. The minimum atomic E-state index is -4.72. The SMILES string of the molecule is O=C(O)c1cnc(Br)c(C(F)(F)F)n1. The molecule has 76 valence electrons. The number of aromatic nitrogens is 2. The molecule has 0 bridgehead atoms. The van der Waals surface area contributed by atoms with Gasteiger partial charge in [-0.25, -0.2) is 14.8 Å². The first-order valence-corrected chi connectivity index (χ1v) is 3.94. The number of hydrogen-bond acceptors (Lipinski definition) is 3. The van der Waals surface area contributed by atoms with Crippen LogP contribution in [-0.2, 0) is 6.18 Å². The molecule has 0 radical (unpaired) electrons. The summed E-state index contributed by atoms with van der Waals surface area (Å²) in [4.78, 5) is 16.4. The van der Waals surface area contributed by atoms with Crippen LogP contribution in [0.25, 0.3) is 0 Å². The third kappa shape index (κ3) is 2.19. The van der Waals surface area contributed by atoms with Gasteiger partial charge in [0.2, 0.25) is 0 Å². The van der Waals surface area contributed by atoms with Crippen LogP contribution in [0.3, 0.4) is 0 Å². The van der Waals surface area contributed by atoms with E-state index in [0.717, 1.165) is 6.20 Å². The third-order valence-electron chi connectivity index (χ3n) is 1.22. The predicted octanol–water partition coefficient (Wildman–Crippen LogP) is 1.96. The van der Waals surface area contributed by atoms with E-state index in [9.17, 15) is 18.0 Å². The monoisotopic (exact) mass is 270 g/mol. The van der Waals surface area contributed by atoms with E-state index in [-0.39, 0.29) is 0 Å². The van der Waals surface area contributed by atoms with Gasteiger partial charge < -0.3 is 5.11 Å². The van der Waals surface area contributed by atoms with Crippen LogP contribution in [0.4, 0.5) is 13.2 Å². The number of hydrogen-bond donors (Lipinski definition) is 1. The summed E-state index contributed by atoms with van der Waals surface area (Å²) in [7, 11) is 0. The maximum atomic E-state index is 12.2. The second kappa shape index (κ2) is 3.52. The standard InChI is InChI=1S/C6H2BrF3N2O2/c7-4-3(6(8,9)10)12-2(1-11-4)5(13)14/h1H,(H,13,14). The molecule has 1 N–H and O–H groups in total. The normalized spacial score (nSPS) is 11.4. The Morgan fingerprint density at radius 3 is 2.50 bits per heavy atom. The molecule has 8 heteroatoms. The molecule has 0 saturated heterocycles. The predicted molar refractivity (Wildman–Crippen MR) is 41.7 cm³/mol.